The van der Waals surface area contributed by atoms with Crippen LogP contribution in [0.1, 0.15) is 12.8 Å². The number of ether oxygens (including phenoxy) is 2. The summed E-state index contributed by atoms with van der Waals surface area (Å²) in [6.45, 7) is 0.607. The average molecular weight is 309 g/mol. The molecular weight excluding hydrogens is 295 g/mol. The predicted octanol–water partition coefficient (Wildman–Crippen LogP) is 4.04. The van der Waals surface area contributed by atoms with E-state index in [2.05, 4.69) is 4.98 Å². The first-order chi connectivity index (χ1) is 10.1. The van der Waals surface area contributed by atoms with E-state index in [0.29, 0.717) is 29.8 Å². The van der Waals surface area contributed by atoms with Gasteiger partial charge >= 0.3 is 0 Å². The summed E-state index contributed by atoms with van der Waals surface area (Å²) in [5, 5.41) is 0.0427. The first-order valence-electron chi connectivity index (χ1n) is 6.64. The molecule has 0 unspecified atom stereocenters. The van der Waals surface area contributed by atoms with Gasteiger partial charge < -0.3 is 15.2 Å². The summed E-state index contributed by atoms with van der Waals surface area (Å²) < 4.78 is 24.4. The van der Waals surface area contributed by atoms with Crippen molar-refractivity contribution < 1.29 is 13.9 Å². The van der Waals surface area contributed by atoms with Crippen molar-refractivity contribution in [3.8, 4) is 17.5 Å². The van der Waals surface area contributed by atoms with Gasteiger partial charge in [-0.05, 0) is 37.0 Å². The summed E-state index contributed by atoms with van der Waals surface area (Å²) in [7, 11) is 0. The summed E-state index contributed by atoms with van der Waals surface area (Å²) in [6.07, 6.45) is 2.36. The number of nitrogen functional groups attached to an aromatic ring is 1. The Hall–Kier alpha value is -2.01. The third-order valence-electron chi connectivity index (χ3n) is 3.13. The number of pyridine rings is 1. The molecule has 1 fully saturated rings. The molecule has 6 heteroatoms. The van der Waals surface area contributed by atoms with Gasteiger partial charge in [0.1, 0.15) is 11.6 Å². The molecule has 1 aliphatic rings. The minimum Gasteiger partial charge on any atom is -0.476 e. The van der Waals surface area contributed by atoms with Crippen LogP contribution in [0.5, 0.6) is 17.5 Å². The lowest BCUT2D eigenvalue weighted by molar-refractivity contribution is 0.286. The standard InChI is InChI=1S/C15H14ClFN2O2/c16-11-4-3-10(7-12(11)17)21-14-6-5-13(18)15(19-14)20-8-9-1-2-9/h3-7,9H,1-2,8,18H2. The Morgan fingerprint density at radius 3 is 2.81 bits per heavy atom. The van der Waals surface area contributed by atoms with Crippen LogP contribution in [0.3, 0.4) is 0 Å². The normalized spacial score (nSPS) is 14.0. The van der Waals surface area contributed by atoms with Crippen molar-refractivity contribution in [2.75, 3.05) is 12.3 Å². The average Bonchev–Trinajstić information content (AvgIpc) is 3.28. The second-order valence-electron chi connectivity index (χ2n) is 4.98. The minimum atomic E-state index is -0.546. The molecular formula is C15H14ClFN2O2. The maximum atomic E-state index is 13.4. The molecule has 1 aromatic carbocycles. The maximum absolute atomic E-state index is 13.4. The van der Waals surface area contributed by atoms with Gasteiger partial charge in [-0.1, -0.05) is 11.6 Å². The number of halogens is 2. The second kappa shape index (κ2) is 5.77. The lowest BCUT2D eigenvalue weighted by Crippen LogP contribution is -2.04. The van der Waals surface area contributed by atoms with Gasteiger partial charge in [-0.2, -0.15) is 4.98 Å². The number of rotatable bonds is 5. The zero-order valence-corrected chi connectivity index (χ0v) is 11.9. The number of aromatic nitrogens is 1. The molecule has 0 saturated heterocycles. The second-order valence-corrected chi connectivity index (χ2v) is 5.38. The Balaban J connectivity index is 1.74. The van der Waals surface area contributed by atoms with Crippen LogP contribution >= 0.6 is 11.6 Å². The molecule has 21 heavy (non-hydrogen) atoms. The summed E-state index contributed by atoms with van der Waals surface area (Å²) in [5.74, 6) is 0.990. The van der Waals surface area contributed by atoms with Gasteiger partial charge in [-0.25, -0.2) is 4.39 Å². The van der Waals surface area contributed by atoms with E-state index in [1.54, 1.807) is 18.2 Å². The van der Waals surface area contributed by atoms with E-state index in [4.69, 9.17) is 26.8 Å². The Labute approximate surface area is 126 Å². The summed E-state index contributed by atoms with van der Waals surface area (Å²) in [6, 6.07) is 7.44. The quantitative estimate of drug-likeness (QED) is 0.905. The van der Waals surface area contributed by atoms with E-state index in [1.807, 2.05) is 0 Å². The molecule has 1 saturated carbocycles. The number of nitrogens with two attached hydrogens (primary N) is 1. The van der Waals surface area contributed by atoms with Gasteiger partial charge in [-0.15, -0.1) is 0 Å². The minimum absolute atomic E-state index is 0.0427. The van der Waals surface area contributed by atoms with Crippen molar-refractivity contribution in [2.24, 2.45) is 5.92 Å². The Morgan fingerprint density at radius 2 is 2.10 bits per heavy atom. The number of anilines is 1. The van der Waals surface area contributed by atoms with Crippen molar-refractivity contribution in [1.82, 2.24) is 4.98 Å². The zero-order valence-electron chi connectivity index (χ0n) is 11.2. The maximum Gasteiger partial charge on any atom is 0.240 e. The molecule has 2 aromatic rings. The zero-order chi connectivity index (χ0) is 14.8. The molecule has 1 aliphatic carbocycles. The van der Waals surface area contributed by atoms with Crippen LogP contribution in [0.2, 0.25) is 5.02 Å². The first-order valence-corrected chi connectivity index (χ1v) is 7.02. The first kappa shape index (κ1) is 13.9. The highest BCUT2D eigenvalue weighted by Gasteiger charge is 2.22. The van der Waals surface area contributed by atoms with E-state index in [9.17, 15) is 4.39 Å². The fourth-order valence-electron chi connectivity index (χ4n) is 1.75. The van der Waals surface area contributed by atoms with Crippen molar-refractivity contribution in [3.63, 3.8) is 0 Å². The van der Waals surface area contributed by atoms with Crippen LogP contribution in [-0.2, 0) is 0 Å². The topological polar surface area (TPSA) is 57.4 Å². The highest BCUT2D eigenvalue weighted by molar-refractivity contribution is 6.30. The largest absolute Gasteiger partial charge is 0.476 e. The van der Waals surface area contributed by atoms with Crippen molar-refractivity contribution in [2.45, 2.75) is 12.8 Å². The lowest BCUT2D eigenvalue weighted by atomic mass is 10.3. The highest BCUT2D eigenvalue weighted by Crippen LogP contribution is 2.32. The predicted molar refractivity (Wildman–Crippen MR) is 78.4 cm³/mol. The molecule has 3 rings (SSSR count). The monoisotopic (exact) mass is 308 g/mol. The fraction of sp³-hybridized carbons (Fsp3) is 0.267. The van der Waals surface area contributed by atoms with Gasteiger partial charge in [0.2, 0.25) is 11.8 Å². The number of hydrogen-bond donors (Lipinski definition) is 1. The third kappa shape index (κ3) is 3.55. The van der Waals surface area contributed by atoms with Gasteiger partial charge in [0.05, 0.1) is 17.3 Å². The Bertz CT molecular complexity index is 662. The van der Waals surface area contributed by atoms with E-state index in [-0.39, 0.29) is 10.9 Å². The molecule has 0 atom stereocenters. The molecule has 0 spiro atoms. The molecule has 0 aliphatic heterocycles. The van der Waals surface area contributed by atoms with Gasteiger partial charge in [-0.3, -0.25) is 0 Å². The molecule has 4 nitrogen and oxygen atoms in total. The molecule has 2 N–H and O–H groups in total. The fourth-order valence-corrected chi connectivity index (χ4v) is 1.87. The smallest absolute Gasteiger partial charge is 0.240 e. The van der Waals surface area contributed by atoms with E-state index >= 15 is 0 Å². The van der Waals surface area contributed by atoms with Gasteiger partial charge in [0.15, 0.2) is 0 Å². The summed E-state index contributed by atoms with van der Waals surface area (Å²) in [5.41, 5.74) is 6.26. The van der Waals surface area contributed by atoms with Crippen LogP contribution in [0.4, 0.5) is 10.1 Å². The summed E-state index contributed by atoms with van der Waals surface area (Å²) in [4.78, 5) is 4.19. The number of benzene rings is 1. The lowest BCUT2D eigenvalue weighted by Gasteiger charge is -2.10. The molecule has 0 radical (unpaired) electrons. The Kier molecular flexibility index (Phi) is 3.84. The molecule has 0 amide bonds. The summed E-state index contributed by atoms with van der Waals surface area (Å²) >= 11 is 5.62. The van der Waals surface area contributed by atoms with Crippen LogP contribution in [-0.4, -0.2) is 11.6 Å². The SMILES string of the molecule is Nc1ccc(Oc2ccc(Cl)c(F)c2)nc1OCC1CC1. The third-order valence-corrected chi connectivity index (χ3v) is 3.44. The number of nitrogens with zero attached hydrogens (tertiary/aromatic N) is 1. The molecule has 1 heterocycles. The van der Waals surface area contributed by atoms with Crippen LogP contribution in [0.25, 0.3) is 0 Å². The highest BCUT2D eigenvalue weighted by atomic mass is 35.5. The van der Waals surface area contributed by atoms with Crippen molar-refractivity contribution in [1.29, 1.82) is 0 Å². The van der Waals surface area contributed by atoms with Crippen LogP contribution in [0.15, 0.2) is 30.3 Å². The van der Waals surface area contributed by atoms with Crippen LogP contribution in [0, 0.1) is 11.7 Å². The molecule has 0 bridgehead atoms. The number of hydrogen-bond acceptors (Lipinski definition) is 4. The van der Waals surface area contributed by atoms with Crippen molar-refractivity contribution >= 4 is 17.3 Å². The van der Waals surface area contributed by atoms with Gasteiger partial charge in [0.25, 0.3) is 0 Å². The Morgan fingerprint density at radius 1 is 1.29 bits per heavy atom. The molecule has 1 aromatic heterocycles. The molecule has 110 valence electrons. The van der Waals surface area contributed by atoms with Crippen molar-refractivity contribution in [3.05, 3.63) is 41.2 Å². The van der Waals surface area contributed by atoms with Crippen LogP contribution < -0.4 is 15.2 Å². The van der Waals surface area contributed by atoms with E-state index in [1.165, 1.54) is 25.0 Å². The van der Waals surface area contributed by atoms with Gasteiger partial charge in [0, 0.05) is 12.1 Å². The van der Waals surface area contributed by atoms with E-state index < -0.39 is 5.82 Å². The van der Waals surface area contributed by atoms with E-state index in [0.717, 1.165) is 0 Å².